The number of hydrogen-bond donors (Lipinski definition) is 0. The highest BCUT2D eigenvalue weighted by atomic mass is 16.3. The lowest BCUT2D eigenvalue weighted by Crippen LogP contribution is -1.95. The Balaban J connectivity index is 0.000000137. The van der Waals surface area contributed by atoms with Gasteiger partial charge in [-0.15, -0.1) is 0 Å². The number of para-hydroxylation sites is 4. The largest absolute Gasteiger partial charge is 0.456 e. The lowest BCUT2D eigenvalue weighted by Gasteiger charge is -2.11. The van der Waals surface area contributed by atoms with Gasteiger partial charge in [0.15, 0.2) is 5.82 Å². The first-order chi connectivity index (χ1) is 38.1. The Kier molecular flexibility index (Phi) is 10.4. The van der Waals surface area contributed by atoms with E-state index in [2.05, 4.69) is 180 Å². The van der Waals surface area contributed by atoms with Crippen LogP contribution in [0, 0.1) is 0 Å². The Morgan fingerprint density at radius 1 is 0.286 bits per heavy atom. The van der Waals surface area contributed by atoms with Crippen LogP contribution >= 0.6 is 0 Å². The molecular weight excluding hydrogens is 943 g/mol. The minimum absolute atomic E-state index is 0.727. The minimum atomic E-state index is 0.727. The van der Waals surface area contributed by atoms with Gasteiger partial charge in [0.25, 0.3) is 0 Å². The molecule has 0 saturated heterocycles. The fourth-order valence-corrected chi connectivity index (χ4v) is 11.0. The van der Waals surface area contributed by atoms with E-state index in [0.717, 1.165) is 133 Å². The average molecular weight is 986 g/mol. The van der Waals surface area contributed by atoms with Crippen LogP contribution in [0.25, 0.3) is 149 Å². The normalized spacial score (nSPS) is 11.6. The van der Waals surface area contributed by atoms with Gasteiger partial charge in [0.2, 0.25) is 0 Å². The summed E-state index contributed by atoms with van der Waals surface area (Å²) in [5.41, 5.74) is 17.9. The van der Waals surface area contributed by atoms with Gasteiger partial charge in [0.05, 0.1) is 39.1 Å². The predicted molar refractivity (Wildman–Crippen MR) is 315 cm³/mol. The molecule has 0 amide bonds. The standard InChI is InChI=1S/C38H23N3O.C32H20N2O/c1-2-9-26(10-3-1)41-34-14-6-4-11-27(34)28-18-17-25(21-35(28)41)38-31-13-8-20-39-33(31)23-32(40-38)24-16-19-30-29-12-5-7-15-36(29)42-37(30)22-24;1-3-9-21(10-4-1)31-26-17-15-24(20-28(26)33-32(34-31)22-11-5-2-6-12-22)23-16-18-30-27(19-23)25-13-7-8-14-29(25)35-30/h1-23H;1-20H. The van der Waals surface area contributed by atoms with Crippen molar-refractivity contribution in [2.24, 2.45) is 0 Å². The van der Waals surface area contributed by atoms with Gasteiger partial charge < -0.3 is 13.4 Å². The van der Waals surface area contributed by atoms with Crippen LogP contribution in [0.4, 0.5) is 0 Å². The van der Waals surface area contributed by atoms with Crippen molar-refractivity contribution < 1.29 is 8.83 Å². The van der Waals surface area contributed by atoms with Crippen molar-refractivity contribution in [1.29, 1.82) is 0 Å². The molecule has 0 N–H and O–H groups in total. The number of benzene rings is 10. The third-order valence-electron chi connectivity index (χ3n) is 14.7. The summed E-state index contributed by atoms with van der Waals surface area (Å²) in [6.07, 6.45) is 1.84. The van der Waals surface area contributed by atoms with Crippen molar-refractivity contribution in [3.63, 3.8) is 0 Å². The van der Waals surface area contributed by atoms with E-state index < -0.39 is 0 Å². The Bertz CT molecular complexity index is 4930. The Morgan fingerprint density at radius 2 is 0.831 bits per heavy atom. The zero-order valence-corrected chi connectivity index (χ0v) is 41.4. The smallest absolute Gasteiger partial charge is 0.160 e. The van der Waals surface area contributed by atoms with E-state index in [-0.39, 0.29) is 0 Å². The van der Waals surface area contributed by atoms with Gasteiger partial charge in [-0.25, -0.2) is 15.0 Å². The fourth-order valence-electron chi connectivity index (χ4n) is 11.0. The molecule has 16 rings (SSSR count). The van der Waals surface area contributed by atoms with Crippen LogP contribution in [-0.2, 0) is 0 Å². The van der Waals surface area contributed by atoms with Crippen LogP contribution in [0.15, 0.2) is 270 Å². The van der Waals surface area contributed by atoms with Crippen LogP contribution in [0.1, 0.15) is 0 Å². The van der Waals surface area contributed by atoms with Gasteiger partial charge in [-0.3, -0.25) is 4.98 Å². The lowest BCUT2D eigenvalue weighted by molar-refractivity contribution is 0.668. The molecule has 6 aromatic heterocycles. The molecule has 0 bridgehead atoms. The maximum atomic E-state index is 6.20. The first-order valence-corrected chi connectivity index (χ1v) is 25.8. The van der Waals surface area contributed by atoms with Gasteiger partial charge >= 0.3 is 0 Å². The molecule has 0 unspecified atom stereocenters. The molecule has 16 aromatic rings. The Labute approximate surface area is 441 Å². The summed E-state index contributed by atoms with van der Waals surface area (Å²) in [7, 11) is 0. The first kappa shape index (κ1) is 44.0. The lowest BCUT2D eigenvalue weighted by atomic mass is 9.99. The molecule has 0 atom stereocenters. The van der Waals surface area contributed by atoms with Crippen LogP contribution < -0.4 is 0 Å². The van der Waals surface area contributed by atoms with E-state index in [1.807, 2.05) is 85.1 Å². The van der Waals surface area contributed by atoms with Crippen molar-refractivity contribution in [3.05, 3.63) is 261 Å². The van der Waals surface area contributed by atoms with Crippen molar-refractivity contribution in [1.82, 2.24) is 24.5 Å². The molecule has 0 aliphatic carbocycles. The molecule has 0 aliphatic heterocycles. The number of hydrogen-bond acceptors (Lipinski definition) is 6. The third kappa shape index (κ3) is 7.68. The second-order valence-electron chi connectivity index (χ2n) is 19.3. The molecule has 0 spiro atoms. The Morgan fingerprint density at radius 3 is 1.64 bits per heavy atom. The van der Waals surface area contributed by atoms with E-state index in [9.17, 15) is 0 Å². The molecule has 0 radical (unpaired) electrons. The number of aromatic nitrogens is 5. The molecule has 360 valence electrons. The topological polar surface area (TPSA) is 82.8 Å². The summed E-state index contributed by atoms with van der Waals surface area (Å²) in [5.74, 6) is 0.727. The molecule has 6 heterocycles. The number of furan rings is 2. The zero-order valence-electron chi connectivity index (χ0n) is 41.4. The van der Waals surface area contributed by atoms with Gasteiger partial charge in [-0.1, -0.05) is 164 Å². The Hall–Kier alpha value is -10.5. The van der Waals surface area contributed by atoms with Gasteiger partial charge in [0.1, 0.15) is 22.3 Å². The van der Waals surface area contributed by atoms with Crippen LogP contribution in [0.2, 0.25) is 0 Å². The second kappa shape index (κ2) is 18.2. The molecule has 0 aliphatic rings. The van der Waals surface area contributed by atoms with E-state index in [1.54, 1.807) is 0 Å². The van der Waals surface area contributed by atoms with Gasteiger partial charge in [-0.2, -0.15) is 0 Å². The van der Waals surface area contributed by atoms with Crippen molar-refractivity contribution in [2.75, 3.05) is 0 Å². The van der Waals surface area contributed by atoms with Crippen molar-refractivity contribution in [3.8, 4) is 62.0 Å². The van der Waals surface area contributed by atoms with E-state index in [4.69, 9.17) is 28.8 Å². The molecule has 7 heteroatoms. The number of fused-ring (bicyclic) bond motifs is 11. The van der Waals surface area contributed by atoms with E-state index >= 15 is 0 Å². The molecule has 10 aromatic carbocycles. The molecule has 0 saturated carbocycles. The zero-order chi connectivity index (χ0) is 50.8. The molecule has 77 heavy (non-hydrogen) atoms. The summed E-state index contributed by atoms with van der Waals surface area (Å²) in [6.45, 7) is 0. The van der Waals surface area contributed by atoms with Gasteiger partial charge in [0, 0.05) is 77.2 Å². The molecular formula is C70H43N5O2. The van der Waals surface area contributed by atoms with E-state index in [0.29, 0.717) is 0 Å². The molecule has 0 fully saturated rings. The quantitative estimate of drug-likeness (QED) is 0.165. The molecule has 7 nitrogen and oxygen atoms in total. The summed E-state index contributed by atoms with van der Waals surface area (Å²) in [5, 5.41) is 8.98. The fraction of sp³-hybridized carbons (Fsp3) is 0. The summed E-state index contributed by atoms with van der Waals surface area (Å²) in [4.78, 5) is 20.0. The highest BCUT2D eigenvalue weighted by molar-refractivity contribution is 6.11. The summed E-state index contributed by atoms with van der Waals surface area (Å²) >= 11 is 0. The number of nitrogens with zero attached hydrogens (tertiary/aromatic N) is 5. The summed E-state index contributed by atoms with van der Waals surface area (Å²) in [6, 6.07) is 88.0. The van der Waals surface area contributed by atoms with Crippen molar-refractivity contribution >= 4 is 87.5 Å². The van der Waals surface area contributed by atoms with E-state index in [1.165, 1.54) is 16.3 Å². The maximum absolute atomic E-state index is 6.20. The third-order valence-corrected chi connectivity index (χ3v) is 14.7. The highest BCUT2D eigenvalue weighted by Gasteiger charge is 2.18. The average Bonchev–Trinajstić information content (AvgIpc) is 4.29. The maximum Gasteiger partial charge on any atom is 0.160 e. The van der Waals surface area contributed by atoms with Crippen molar-refractivity contribution in [2.45, 2.75) is 0 Å². The first-order valence-electron chi connectivity index (χ1n) is 25.8. The highest BCUT2D eigenvalue weighted by Crippen LogP contribution is 2.40. The van der Waals surface area contributed by atoms with Gasteiger partial charge in [-0.05, 0) is 102 Å². The predicted octanol–water partition coefficient (Wildman–Crippen LogP) is 18.5. The summed E-state index contributed by atoms with van der Waals surface area (Å²) < 4.78 is 14.6. The monoisotopic (exact) mass is 985 g/mol. The number of rotatable bonds is 6. The SMILES string of the molecule is c1ccc(-c2nc(-c3ccccc3)c3ccc(-c4ccc5oc6ccccc6c5c4)cc3n2)cc1.c1ccc(-n2c3ccccc3c3ccc(-c4nc(-c5ccc6c(c5)oc5ccccc56)cc5ncccc45)cc32)cc1. The van der Waals surface area contributed by atoms with Crippen LogP contribution in [-0.4, -0.2) is 24.5 Å². The van der Waals surface area contributed by atoms with Crippen LogP contribution in [0.3, 0.4) is 0 Å². The van der Waals surface area contributed by atoms with Crippen LogP contribution in [0.5, 0.6) is 0 Å². The number of pyridine rings is 2. The minimum Gasteiger partial charge on any atom is -0.456 e. The second-order valence-corrected chi connectivity index (χ2v) is 19.3.